The van der Waals surface area contributed by atoms with Crippen molar-refractivity contribution >= 4 is 5.97 Å². The van der Waals surface area contributed by atoms with Crippen LogP contribution in [0.5, 0.6) is 0 Å². The van der Waals surface area contributed by atoms with Gasteiger partial charge >= 0.3 is 5.97 Å². The molecule has 0 bridgehead atoms. The summed E-state index contributed by atoms with van der Waals surface area (Å²) in [6, 6.07) is 0. The average Bonchev–Trinajstić information content (AvgIpc) is 2.18. The maximum Gasteiger partial charge on any atom is 0.331 e. The summed E-state index contributed by atoms with van der Waals surface area (Å²) < 4.78 is 0. The number of carboxylic acid groups (broad SMARTS) is 1. The van der Waals surface area contributed by atoms with Crippen molar-refractivity contribution in [1.29, 1.82) is 0 Å². The molecule has 0 aromatic rings. The third-order valence-corrected chi connectivity index (χ3v) is 1.28. The molecule has 0 aromatic heterocycles. The highest BCUT2D eigenvalue weighted by atomic mass is 16.6. The third-order valence-electron chi connectivity index (χ3n) is 1.28. The highest BCUT2D eigenvalue weighted by Gasteiger charge is 1.99. The van der Waals surface area contributed by atoms with Crippen molar-refractivity contribution in [3.05, 3.63) is 12.2 Å². The third kappa shape index (κ3) is 11.1. The fourth-order valence-corrected chi connectivity index (χ4v) is 0.297. The smallest absolute Gasteiger partial charge is 0.331 e. The van der Waals surface area contributed by atoms with Crippen molar-refractivity contribution in [3.8, 4) is 0 Å². The monoisotopic (exact) mass is 206 g/mol. The van der Waals surface area contributed by atoms with Gasteiger partial charge in [0, 0.05) is 25.1 Å². The minimum atomic E-state index is -1.04. The van der Waals surface area contributed by atoms with Crippen molar-refractivity contribution in [2.45, 2.75) is 19.4 Å². The summed E-state index contributed by atoms with van der Waals surface area (Å²) in [4.78, 5) is 14.2. The summed E-state index contributed by atoms with van der Waals surface area (Å²) in [7, 11) is 0. The van der Waals surface area contributed by atoms with Gasteiger partial charge in [0.25, 0.3) is 0 Å². The van der Waals surface area contributed by atoms with Crippen molar-refractivity contribution < 1.29 is 19.8 Å². The van der Waals surface area contributed by atoms with Gasteiger partial charge in [-0.2, -0.15) is 0 Å². The van der Waals surface area contributed by atoms with E-state index in [1.807, 2.05) is 0 Å². The summed E-state index contributed by atoms with van der Waals surface area (Å²) in [5, 5.41) is 16.3. The van der Waals surface area contributed by atoms with Gasteiger partial charge < -0.3 is 20.8 Å². The molecule has 6 N–H and O–H groups in total. The molecule has 0 aliphatic heterocycles. The lowest BCUT2D eigenvalue weighted by atomic mass is 10.2. The Morgan fingerprint density at radius 2 is 2.14 bits per heavy atom. The maximum absolute atomic E-state index is 9.88. The van der Waals surface area contributed by atoms with E-state index < -0.39 is 5.97 Å². The summed E-state index contributed by atoms with van der Waals surface area (Å²) in [5.74, 6) is 3.66. The first kappa shape index (κ1) is 15.5. The number of carboxylic acids is 1. The number of nitrogens with two attached hydrogens (primary N) is 2. The van der Waals surface area contributed by atoms with E-state index in [0.29, 0.717) is 6.54 Å². The first-order chi connectivity index (χ1) is 6.49. The Bertz CT molecular complexity index is 169. The Labute approximate surface area is 83.1 Å². The minimum Gasteiger partial charge on any atom is -0.478 e. The van der Waals surface area contributed by atoms with Crippen molar-refractivity contribution in [2.75, 3.05) is 13.2 Å². The molecule has 0 amide bonds. The lowest BCUT2D eigenvalue weighted by Crippen LogP contribution is -2.22. The van der Waals surface area contributed by atoms with Gasteiger partial charge in [-0.1, -0.05) is 6.58 Å². The van der Waals surface area contributed by atoms with Crippen LogP contribution in [0, 0.1) is 0 Å². The topological polar surface area (TPSA) is 119 Å². The molecule has 0 saturated carbocycles. The molecule has 0 aliphatic rings. The standard InChI is InChI=1S/C5H8O3.C3H10N2O/c1-4(2-3-6)5(7)8;1-3(2-4)6-5/h6H,1-3H2,(H,7,8);3H,2,4-5H2,1H3. The van der Waals surface area contributed by atoms with E-state index in [4.69, 9.17) is 21.8 Å². The number of hydrogen-bond donors (Lipinski definition) is 4. The molecular formula is C8H18N2O4. The first-order valence-electron chi connectivity index (χ1n) is 4.07. The lowest BCUT2D eigenvalue weighted by molar-refractivity contribution is -0.132. The number of aliphatic carboxylic acids is 1. The van der Waals surface area contributed by atoms with Gasteiger partial charge in [-0.05, 0) is 6.92 Å². The molecule has 0 rings (SSSR count). The second-order valence-corrected chi connectivity index (χ2v) is 2.56. The summed E-state index contributed by atoms with van der Waals surface area (Å²) >= 11 is 0. The van der Waals surface area contributed by atoms with Gasteiger partial charge in [-0.3, -0.25) is 0 Å². The van der Waals surface area contributed by atoms with Gasteiger partial charge in [0.15, 0.2) is 0 Å². The minimum absolute atomic E-state index is 0.00926. The SMILES string of the molecule is C=C(CCO)C(=O)O.CC(CN)ON. The number of carbonyl (C=O) groups is 1. The van der Waals surface area contributed by atoms with Crippen LogP contribution >= 0.6 is 0 Å². The normalized spacial score (nSPS) is 11.1. The summed E-state index contributed by atoms with van der Waals surface area (Å²) in [6.45, 7) is 5.32. The predicted octanol–water partition coefficient (Wildman–Crippen LogP) is -0.766. The van der Waals surface area contributed by atoms with Gasteiger partial charge in [0.2, 0.25) is 0 Å². The Morgan fingerprint density at radius 3 is 2.21 bits per heavy atom. The molecule has 0 radical (unpaired) electrons. The van der Waals surface area contributed by atoms with Gasteiger partial charge in [0.05, 0.1) is 6.10 Å². The number of aliphatic hydroxyl groups excluding tert-OH is 1. The summed E-state index contributed by atoms with van der Waals surface area (Å²) in [6.07, 6.45) is 0.139. The van der Waals surface area contributed by atoms with Gasteiger partial charge in [-0.25, -0.2) is 10.7 Å². The Balaban J connectivity index is 0. The van der Waals surface area contributed by atoms with Crippen molar-refractivity contribution in [1.82, 2.24) is 0 Å². The fraction of sp³-hybridized carbons (Fsp3) is 0.625. The molecule has 0 spiro atoms. The Morgan fingerprint density at radius 1 is 1.64 bits per heavy atom. The zero-order chi connectivity index (χ0) is 11.6. The van der Waals surface area contributed by atoms with Crippen LogP contribution in [-0.4, -0.2) is 35.4 Å². The zero-order valence-corrected chi connectivity index (χ0v) is 8.27. The van der Waals surface area contributed by atoms with E-state index in [1.54, 1.807) is 6.92 Å². The lowest BCUT2D eigenvalue weighted by Gasteiger charge is -2.00. The molecule has 1 atom stereocenters. The molecule has 0 saturated heterocycles. The van der Waals surface area contributed by atoms with E-state index >= 15 is 0 Å². The second kappa shape index (κ2) is 10.1. The van der Waals surface area contributed by atoms with E-state index in [-0.39, 0.29) is 24.7 Å². The first-order valence-corrected chi connectivity index (χ1v) is 4.07. The highest BCUT2D eigenvalue weighted by molar-refractivity contribution is 5.85. The van der Waals surface area contributed by atoms with E-state index in [0.717, 1.165) is 0 Å². The molecule has 0 aromatic carbocycles. The fourth-order valence-electron chi connectivity index (χ4n) is 0.297. The zero-order valence-electron chi connectivity index (χ0n) is 8.27. The van der Waals surface area contributed by atoms with Crippen LogP contribution in [0.4, 0.5) is 0 Å². The van der Waals surface area contributed by atoms with Gasteiger partial charge in [-0.15, -0.1) is 0 Å². The van der Waals surface area contributed by atoms with Crippen LogP contribution in [0.1, 0.15) is 13.3 Å². The Hall–Kier alpha value is -0.950. The second-order valence-electron chi connectivity index (χ2n) is 2.56. The number of rotatable bonds is 5. The maximum atomic E-state index is 9.88. The van der Waals surface area contributed by atoms with E-state index in [9.17, 15) is 4.79 Å². The highest BCUT2D eigenvalue weighted by Crippen LogP contribution is 1.94. The van der Waals surface area contributed by atoms with Crippen LogP contribution in [-0.2, 0) is 9.63 Å². The number of hydrogen-bond acceptors (Lipinski definition) is 5. The molecule has 14 heavy (non-hydrogen) atoms. The summed E-state index contributed by atoms with van der Waals surface area (Å²) in [5.41, 5.74) is 5.13. The van der Waals surface area contributed by atoms with Crippen LogP contribution in [0.25, 0.3) is 0 Å². The molecule has 84 valence electrons. The van der Waals surface area contributed by atoms with E-state index in [1.165, 1.54) is 0 Å². The van der Waals surface area contributed by atoms with Crippen LogP contribution in [0.2, 0.25) is 0 Å². The number of aliphatic hydroxyl groups is 1. The van der Waals surface area contributed by atoms with Crippen LogP contribution < -0.4 is 11.6 Å². The average molecular weight is 206 g/mol. The van der Waals surface area contributed by atoms with Crippen LogP contribution in [0.3, 0.4) is 0 Å². The largest absolute Gasteiger partial charge is 0.478 e. The molecule has 0 heterocycles. The molecule has 6 heteroatoms. The van der Waals surface area contributed by atoms with E-state index in [2.05, 4.69) is 11.4 Å². The predicted molar refractivity (Wildman–Crippen MR) is 52.3 cm³/mol. The molecule has 1 unspecified atom stereocenters. The Kier molecular flexibility index (Phi) is 11.2. The van der Waals surface area contributed by atoms with Crippen molar-refractivity contribution in [3.63, 3.8) is 0 Å². The molecule has 0 fully saturated rings. The van der Waals surface area contributed by atoms with Gasteiger partial charge in [0.1, 0.15) is 0 Å². The molecule has 0 aliphatic carbocycles. The van der Waals surface area contributed by atoms with Crippen LogP contribution in [0.15, 0.2) is 12.2 Å². The molecule has 6 nitrogen and oxygen atoms in total. The quantitative estimate of drug-likeness (QED) is 0.346. The molecular weight excluding hydrogens is 188 g/mol. The van der Waals surface area contributed by atoms with Crippen molar-refractivity contribution in [2.24, 2.45) is 11.6 Å².